The third-order valence-corrected chi connectivity index (χ3v) is 5.23. The van der Waals surface area contributed by atoms with E-state index in [0.29, 0.717) is 26.8 Å². The summed E-state index contributed by atoms with van der Waals surface area (Å²) in [5.41, 5.74) is 2.18. The van der Waals surface area contributed by atoms with Gasteiger partial charge >= 0.3 is 0 Å². The van der Waals surface area contributed by atoms with Crippen molar-refractivity contribution < 1.29 is 9.21 Å². The first-order chi connectivity index (χ1) is 13.1. The highest BCUT2D eigenvalue weighted by atomic mass is 35.5. The summed E-state index contributed by atoms with van der Waals surface area (Å²) >= 11 is 13.2. The van der Waals surface area contributed by atoms with E-state index >= 15 is 0 Å². The molecule has 2 heterocycles. The number of thioether (sulfide) groups is 1. The molecule has 0 aliphatic heterocycles. The van der Waals surface area contributed by atoms with Crippen LogP contribution >= 0.6 is 35.0 Å². The summed E-state index contributed by atoms with van der Waals surface area (Å²) in [6.45, 7) is 0. The Morgan fingerprint density at radius 2 is 1.89 bits per heavy atom. The fourth-order valence-electron chi connectivity index (χ4n) is 2.55. The number of benzene rings is 2. The molecule has 0 saturated carbocycles. The zero-order valence-corrected chi connectivity index (χ0v) is 16.0. The predicted octanol–water partition coefficient (Wildman–Crippen LogP) is 5.26. The van der Waals surface area contributed by atoms with Crippen LogP contribution in [-0.2, 0) is 4.79 Å². The SMILES string of the molecule is O=C(CSc1nnc(-c2c[nH]c3ccccc23)o1)Nc1c(Cl)cccc1Cl. The minimum absolute atomic E-state index is 0.0804. The standard InChI is InChI=1S/C18H12Cl2N4O2S/c19-12-5-3-6-13(20)16(12)22-15(25)9-27-18-24-23-17(26-18)11-8-21-14-7-2-1-4-10(11)14/h1-8,21H,9H2,(H,22,25). The number of halogens is 2. The fourth-order valence-corrected chi connectivity index (χ4v) is 3.60. The lowest BCUT2D eigenvalue weighted by atomic mass is 10.2. The van der Waals surface area contributed by atoms with Crippen LogP contribution in [0.4, 0.5) is 5.69 Å². The lowest BCUT2D eigenvalue weighted by molar-refractivity contribution is -0.113. The van der Waals surface area contributed by atoms with Gasteiger partial charge in [-0.25, -0.2) is 0 Å². The predicted molar refractivity (Wildman–Crippen MR) is 107 cm³/mol. The van der Waals surface area contributed by atoms with Gasteiger partial charge in [0, 0.05) is 17.1 Å². The molecule has 2 aromatic carbocycles. The maximum absolute atomic E-state index is 12.2. The maximum Gasteiger partial charge on any atom is 0.277 e. The van der Waals surface area contributed by atoms with Gasteiger partial charge in [-0.1, -0.05) is 59.2 Å². The molecule has 0 saturated heterocycles. The molecule has 0 aliphatic carbocycles. The minimum atomic E-state index is -0.276. The van der Waals surface area contributed by atoms with Gasteiger partial charge in [-0.3, -0.25) is 4.79 Å². The van der Waals surface area contributed by atoms with Gasteiger partial charge in [0.2, 0.25) is 5.91 Å². The van der Waals surface area contributed by atoms with E-state index in [9.17, 15) is 4.79 Å². The lowest BCUT2D eigenvalue weighted by Crippen LogP contribution is -2.14. The molecule has 2 N–H and O–H groups in total. The second kappa shape index (κ2) is 7.64. The van der Waals surface area contributed by atoms with E-state index in [0.717, 1.165) is 28.2 Å². The zero-order valence-electron chi connectivity index (χ0n) is 13.7. The number of H-pyrrole nitrogens is 1. The maximum atomic E-state index is 12.2. The van der Waals surface area contributed by atoms with E-state index in [1.165, 1.54) is 0 Å². The number of hydrogen-bond donors (Lipinski definition) is 2. The first-order valence-corrected chi connectivity index (χ1v) is 9.62. The number of amides is 1. The molecule has 1 amide bonds. The zero-order chi connectivity index (χ0) is 18.8. The number of nitrogens with zero attached hydrogens (tertiary/aromatic N) is 2. The van der Waals surface area contributed by atoms with Crippen LogP contribution in [0.1, 0.15) is 0 Å². The van der Waals surface area contributed by atoms with E-state index in [-0.39, 0.29) is 11.7 Å². The molecule has 27 heavy (non-hydrogen) atoms. The summed E-state index contributed by atoms with van der Waals surface area (Å²) in [7, 11) is 0. The van der Waals surface area contributed by atoms with Crippen molar-refractivity contribution in [1.29, 1.82) is 0 Å². The van der Waals surface area contributed by atoms with Gasteiger partial charge in [-0.05, 0) is 18.2 Å². The summed E-state index contributed by atoms with van der Waals surface area (Å²) in [5.74, 6) is 0.197. The Bertz CT molecular complexity index is 1110. The normalized spacial score (nSPS) is 11.0. The summed E-state index contributed by atoms with van der Waals surface area (Å²) in [5, 5.41) is 12.8. The van der Waals surface area contributed by atoms with Gasteiger partial charge in [0.1, 0.15) is 0 Å². The highest BCUT2D eigenvalue weighted by Crippen LogP contribution is 2.31. The Balaban J connectivity index is 1.43. The van der Waals surface area contributed by atoms with Crippen LogP contribution in [0.25, 0.3) is 22.4 Å². The average molecular weight is 419 g/mol. The topological polar surface area (TPSA) is 83.8 Å². The minimum Gasteiger partial charge on any atom is -0.411 e. The van der Waals surface area contributed by atoms with Gasteiger partial charge in [0.15, 0.2) is 0 Å². The van der Waals surface area contributed by atoms with Crippen molar-refractivity contribution in [3.63, 3.8) is 0 Å². The summed E-state index contributed by atoms with van der Waals surface area (Å²) in [6.07, 6.45) is 1.82. The number of aromatic nitrogens is 3. The monoisotopic (exact) mass is 418 g/mol. The van der Waals surface area contributed by atoms with E-state index in [4.69, 9.17) is 27.6 Å². The van der Waals surface area contributed by atoms with E-state index in [1.807, 2.05) is 30.5 Å². The fraction of sp³-hybridized carbons (Fsp3) is 0.0556. The number of carbonyl (C=O) groups is 1. The summed E-state index contributed by atoms with van der Waals surface area (Å²) in [4.78, 5) is 15.3. The number of hydrogen-bond acceptors (Lipinski definition) is 5. The second-order valence-corrected chi connectivity index (χ2v) is 7.30. The molecule has 0 unspecified atom stereocenters. The van der Waals surface area contributed by atoms with Gasteiger partial charge in [0.25, 0.3) is 11.1 Å². The molecular formula is C18H12Cl2N4O2S. The number of fused-ring (bicyclic) bond motifs is 1. The molecule has 0 spiro atoms. The Labute approximate surface area is 168 Å². The lowest BCUT2D eigenvalue weighted by Gasteiger charge is -2.08. The molecule has 6 nitrogen and oxygen atoms in total. The van der Waals surface area contributed by atoms with Crippen LogP contribution in [0, 0.1) is 0 Å². The van der Waals surface area contributed by atoms with Crippen LogP contribution in [0.15, 0.2) is 58.3 Å². The molecule has 0 fully saturated rings. The van der Waals surface area contributed by atoms with Crippen molar-refractivity contribution >= 4 is 57.5 Å². The number of carbonyl (C=O) groups excluding carboxylic acids is 1. The molecule has 0 atom stereocenters. The van der Waals surface area contributed by atoms with Crippen molar-refractivity contribution in [2.75, 3.05) is 11.1 Å². The average Bonchev–Trinajstić information content (AvgIpc) is 3.29. The Morgan fingerprint density at radius 3 is 2.70 bits per heavy atom. The molecule has 2 aromatic heterocycles. The smallest absolute Gasteiger partial charge is 0.277 e. The number of nitrogens with one attached hydrogen (secondary N) is 2. The van der Waals surface area contributed by atoms with Crippen LogP contribution in [-0.4, -0.2) is 26.8 Å². The highest BCUT2D eigenvalue weighted by molar-refractivity contribution is 7.99. The first kappa shape index (κ1) is 17.9. The number of para-hydroxylation sites is 2. The van der Waals surface area contributed by atoms with Crippen molar-refractivity contribution in [1.82, 2.24) is 15.2 Å². The third-order valence-electron chi connectivity index (χ3n) is 3.78. The van der Waals surface area contributed by atoms with E-state index < -0.39 is 0 Å². The van der Waals surface area contributed by atoms with Crippen molar-refractivity contribution in [2.45, 2.75) is 5.22 Å². The molecule has 136 valence electrons. The van der Waals surface area contributed by atoms with Crippen molar-refractivity contribution in [3.05, 3.63) is 58.7 Å². The molecule has 9 heteroatoms. The molecular weight excluding hydrogens is 407 g/mol. The summed E-state index contributed by atoms with van der Waals surface area (Å²) in [6, 6.07) is 12.8. The first-order valence-electron chi connectivity index (χ1n) is 7.88. The highest BCUT2D eigenvalue weighted by Gasteiger charge is 2.15. The molecule has 4 aromatic rings. The Morgan fingerprint density at radius 1 is 1.11 bits per heavy atom. The van der Waals surface area contributed by atoms with Crippen molar-refractivity contribution in [3.8, 4) is 11.5 Å². The molecule has 4 rings (SSSR count). The second-order valence-electron chi connectivity index (χ2n) is 5.55. The molecule has 0 aliphatic rings. The molecule has 0 bridgehead atoms. The quantitative estimate of drug-likeness (QED) is 0.432. The molecule has 0 radical (unpaired) electrons. The Kier molecular flexibility index (Phi) is 5.07. The summed E-state index contributed by atoms with van der Waals surface area (Å²) < 4.78 is 5.67. The van der Waals surface area contributed by atoms with E-state index in [1.54, 1.807) is 18.2 Å². The van der Waals surface area contributed by atoms with Gasteiger partial charge in [-0.2, -0.15) is 0 Å². The van der Waals surface area contributed by atoms with Gasteiger partial charge in [0.05, 0.1) is 27.0 Å². The van der Waals surface area contributed by atoms with Crippen LogP contribution in [0.3, 0.4) is 0 Å². The van der Waals surface area contributed by atoms with Crippen molar-refractivity contribution in [2.24, 2.45) is 0 Å². The number of aromatic amines is 1. The third kappa shape index (κ3) is 3.80. The van der Waals surface area contributed by atoms with Crippen LogP contribution in [0.5, 0.6) is 0 Å². The van der Waals surface area contributed by atoms with Crippen LogP contribution in [0.2, 0.25) is 10.0 Å². The van der Waals surface area contributed by atoms with E-state index in [2.05, 4.69) is 20.5 Å². The number of anilines is 1. The Hall–Kier alpha value is -2.48. The number of rotatable bonds is 5. The van der Waals surface area contributed by atoms with Gasteiger partial charge in [-0.15, -0.1) is 10.2 Å². The van der Waals surface area contributed by atoms with Crippen LogP contribution < -0.4 is 5.32 Å². The van der Waals surface area contributed by atoms with Gasteiger partial charge < -0.3 is 14.7 Å². The largest absolute Gasteiger partial charge is 0.411 e.